The molecule has 0 radical (unpaired) electrons. The molecule has 0 aliphatic carbocycles. The second-order valence-electron chi connectivity index (χ2n) is 2.63. The lowest BCUT2D eigenvalue weighted by molar-refractivity contribution is 0.330. The molecule has 13 heavy (non-hydrogen) atoms. The Bertz CT molecular complexity index is 276. The van der Waals surface area contributed by atoms with E-state index in [9.17, 15) is 0 Å². The van der Waals surface area contributed by atoms with Crippen LogP contribution in [-0.2, 0) is 6.42 Å². The number of hydrogen-bond acceptors (Lipinski definition) is 4. The summed E-state index contributed by atoms with van der Waals surface area (Å²) in [6.45, 7) is 2.10. The van der Waals surface area contributed by atoms with Gasteiger partial charge in [-0.1, -0.05) is 13.3 Å². The van der Waals surface area contributed by atoms with E-state index < -0.39 is 0 Å². The number of rotatable bonds is 4. The third-order valence-corrected chi connectivity index (χ3v) is 1.65. The molecule has 72 valence electrons. The van der Waals surface area contributed by atoms with Crippen molar-refractivity contribution < 1.29 is 9.47 Å². The Morgan fingerprint density at radius 3 is 2.46 bits per heavy atom. The Hall–Kier alpha value is -1.32. The third-order valence-electron chi connectivity index (χ3n) is 1.65. The summed E-state index contributed by atoms with van der Waals surface area (Å²) in [6, 6.07) is 0. The zero-order chi connectivity index (χ0) is 9.68. The highest BCUT2D eigenvalue weighted by atomic mass is 16.5. The van der Waals surface area contributed by atoms with Crippen LogP contribution in [0.15, 0.2) is 6.20 Å². The Morgan fingerprint density at radius 2 is 1.92 bits per heavy atom. The molecule has 0 spiro atoms. The van der Waals surface area contributed by atoms with Gasteiger partial charge in [0, 0.05) is 0 Å². The Labute approximate surface area is 77.9 Å². The molecule has 0 amide bonds. The number of hydrogen-bond donors (Lipinski definition) is 0. The molecule has 0 aliphatic heterocycles. The first-order valence-corrected chi connectivity index (χ1v) is 4.25. The van der Waals surface area contributed by atoms with Crippen molar-refractivity contribution in [3.63, 3.8) is 0 Å². The van der Waals surface area contributed by atoms with Crippen LogP contribution >= 0.6 is 0 Å². The van der Waals surface area contributed by atoms with E-state index in [-0.39, 0.29) is 0 Å². The van der Waals surface area contributed by atoms with Crippen LogP contribution in [0.3, 0.4) is 0 Å². The summed E-state index contributed by atoms with van der Waals surface area (Å²) in [5.41, 5.74) is 0.931. The predicted molar refractivity (Wildman–Crippen MR) is 49.1 cm³/mol. The Morgan fingerprint density at radius 1 is 1.23 bits per heavy atom. The summed E-state index contributed by atoms with van der Waals surface area (Å²) >= 11 is 0. The quantitative estimate of drug-likeness (QED) is 0.706. The molecular weight excluding hydrogens is 168 g/mol. The molecule has 0 fully saturated rings. The van der Waals surface area contributed by atoms with Crippen molar-refractivity contribution in [3.05, 3.63) is 11.9 Å². The van der Waals surface area contributed by atoms with Gasteiger partial charge in [-0.3, -0.25) is 0 Å². The molecule has 4 heteroatoms. The van der Waals surface area contributed by atoms with E-state index in [0.717, 1.165) is 18.5 Å². The van der Waals surface area contributed by atoms with Crippen LogP contribution in [0.1, 0.15) is 19.0 Å². The van der Waals surface area contributed by atoms with Gasteiger partial charge in [0.05, 0.1) is 26.1 Å². The van der Waals surface area contributed by atoms with E-state index in [1.54, 1.807) is 20.4 Å². The van der Waals surface area contributed by atoms with Crippen LogP contribution in [0.4, 0.5) is 0 Å². The third kappa shape index (κ3) is 2.31. The lowest BCUT2D eigenvalue weighted by Gasteiger charge is -2.05. The van der Waals surface area contributed by atoms with E-state index in [4.69, 9.17) is 9.47 Å². The average Bonchev–Trinajstić information content (AvgIpc) is 2.18. The van der Waals surface area contributed by atoms with Crippen molar-refractivity contribution in [1.29, 1.82) is 0 Å². The number of aryl methyl sites for hydroxylation is 1. The summed E-state index contributed by atoms with van der Waals surface area (Å²) in [6.07, 6.45) is 3.67. The molecule has 0 aliphatic rings. The summed E-state index contributed by atoms with van der Waals surface area (Å²) in [7, 11) is 3.11. The first-order chi connectivity index (χ1) is 6.31. The molecule has 0 bridgehead atoms. The highest BCUT2D eigenvalue weighted by Gasteiger charge is 2.06. The van der Waals surface area contributed by atoms with Crippen molar-refractivity contribution >= 4 is 0 Å². The summed E-state index contributed by atoms with van der Waals surface area (Å²) in [4.78, 5) is 8.32. The molecule has 0 N–H and O–H groups in total. The van der Waals surface area contributed by atoms with Crippen molar-refractivity contribution in [2.45, 2.75) is 19.8 Å². The van der Waals surface area contributed by atoms with Gasteiger partial charge in [-0.15, -0.1) is 0 Å². The standard InChI is InChI=1S/C9H14N2O2/c1-4-5-7-6-10-8(12-2)9(11-7)13-3/h6H,4-5H2,1-3H3. The van der Waals surface area contributed by atoms with E-state index in [1.807, 2.05) is 0 Å². The minimum Gasteiger partial charge on any atom is -0.477 e. The van der Waals surface area contributed by atoms with Crippen molar-refractivity contribution in [2.24, 2.45) is 0 Å². The number of nitrogens with zero attached hydrogens (tertiary/aromatic N) is 2. The molecular formula is C9H14N2O2. The number of aromatic nitrogens is 2. The van der Waals surface area contributed by atoms with Crippen LogP contribution in [0.5, 0.6) is 11.8 Å². The Kier molecular flexibility index (Phi) is 3.49. The lowest BCUT2D eigenvalue weighted by atomic mass is 10.3. The molecule has 0 saturated carbocycles. The first-order valence-electron chi connectivity index (χ1n) is 4.25. The van der Waals surface area contributed by atoms with Gasteiger partial charge in [0.2, 0.25) is 0 Å². The smallest absolute Gasteiger partial charge is 0.278 e. The van der Waals surface area contributed by atoms with Crippen molar-refractivity contribution in [1.82, 2.24) is 9.97 Å². The highest BCUT2D eigenvalue weighted by molar-refractivity contribution is 5.26. The average molecular weight is 182 g/mol. The number of methoxy groups -OCH3 is 2. The minimum absolute atomic E-state index is 0.433. The van der Waals surface area contributed by atoms with Crippen LogP contribution in [0.2, 0.25) is 0 Å². The van der Waals surface area contributed by atoms with E-state index in [1.165, 1.54) is 0 Å². The van der Waals surface area contributed by atoms with Gasteiger partial charge in [-0.2, -0.15) is 0 Å². The van der Waals surface area contributed by atoms with Gasteiger partial charge in [0.1, 0.15) is 0 Å². The molecule has 1 aromatic heterocycles. The molecule has 1 rings (SSSR count). The molecule has 1 aromatic rings. The molecule has 0 unspecified atom stereocenters. The van der Waals surface area contributed by atoms with Gasteiger partial charge in [-0.25, -0.2) is 9.97 Å². The highest BCUT2D eigenvalue weighted by Crippen LogP contribution is 2.20. The fourth-order valence-electron chi connectivity index (χ4n) is 1.05. The van der Waals surface area contributed by atoms with E-state index in [2.05, 4.69) is 16.9 Å². The maximum Gasteiger partial charge on any atom is 0.278 e. The zero-order valence-corrected chi connectivity index (χ0v) is 8.20. The van der Waals surface area contributed by atoms with Gasteiger partial charge in [0.15, 0.2) is 0 Å². The van der Waals surface area contributed by atoms with E-state index >= 15 is 0 Å². The van der Waals surface area contributed by atoms with Crippen LogP contribution in [0.25, 0.3) is 0 Å². The molecule has 0 saturated heterocycles. The normalized spacial score (nSPS) is 9.77. The van der Waals surface area contributed by atoms with E-state index in [0.29, 0.717) is 11.8 Å². The maximum absolute atomic E-state index is 5.02. The second kappa shape index (κ2) is 4.64. The van der Waals surface area contributed by atoms with Crippen LogP contribution in [-0.4, -0.2) is 24.2 Å². The van der Waals surface area contributed by atoms with Gasteiger partial charge >= 0.3 is 0 Å². The fraction of sp³-hybridized carbons (Fsp3) is 0.556. The molecule has 4 nitrogen and oxygen atoms in total. The SMILES string of the molecule is CCCc1cnc(OC)c(OC)n1. The fourth-order valence-corrected chi connectivity index (χ4v) is 1.05. The predicted octanol–water partition coefficient (Wildman–Crippen LogP) is 1.45. The zero-order valence-electron chi connectivity index (χ0n) is 8.20. The monoisotopic (exact) mass is 182 g/mol. The van der Waals surface area contributed by atoms with Crippen LogP contribution < -0.4 is 9.47 Å². The summed E-state index contributed by atoms with van der Waals surface area (Å²) < 4.78 is 10.00. The van der Waals surface area contributed by atoms with Crippen molar-refractivity contribution in [3.8, 4) is 11.8 Å². The first kappa shape index (κ1) is 9.77. The molecule has 1 heterocycles. The second-order valence-corrected chi connectivity index (χ2v) is 2.63. The summed E-state index contributed by atoms with van der Waals surface area (Å²) in [5, 5.41) is 0. The summed E-state index contributed by atoms with van der Waals surface area (Å²) in [5.74, 6) is 0.885. The van der Waals surface area contributed by atoms with Crippen molar-refractivity contribution in [2.75, 3.05) is 14.2 Å². The molecule has 0 aromatic carbocycles. The molecule has 0 atom stereocenters. The Balaban J connectivity index is 2.91. The van der Waals surface area contributed by atoms with Gasteiger partial charge < -0.3 is 9.47 Å². The number of ether oxygens (including phenoxy) is 2. The lowest BCUT2D eigenvalue weighted by Crippen LogP contribution is -1.99. The van der Waals surface area contributed by atoms with Gasteiger partial charge in [-0.05, 0) is 6.42 Å². The van der Waals surface area contributed by atoms with Crippen LogP contribution in [0, 0.1) is 0 Å². The maximum atomic E-state index is 5.02. The largest absolute Gasteiger partial charge is 0.477 e. The topological polar surface area (TPSA) is 44.2 Å². The minimum atomic E-state index is 0.433. The van der Waals surface area contributed by atoms with Gasteiger partial charge in [0.25, 0.3) is 11.8 Å².